The van der Waals surface area contributed by atoms with Gasteiger partial charge in [0.15, 0.2) is 0 Å². The first-order valence-corrected chi connectivity index (χ1v) is 6.05. The second-order valence-corrected chi connectivity index (χ2v) is 4.20. The first kappa shape index (κ1) is 14.4. The van der Waals surface area contributed by atoms with Crippen LogP contribution in [0.4, 0.5) is 5.69 Å². The lowest BCUT2D eigenvalue weighted by atomic mass is 10.0. The van der Waals surface area contributed by atoms with E-state index in [2.05, 4.69) is 11.4 Å². The van der Waals surface area contributed by atoms with Crippen LogP contribution >= 0.6 is 0 Å². The molecule has 18 heavy (non-hydrogen) atoms. The number of ether oxygens (including phenoxy) is 2. The Morgan fingerprint density at radius 3 is 2.50 bits per heavy atom. The Hall–Kier alpha value is -1.71. The summed E-state index contributed by atoms with van der Waals surface area (Å²) in [5.41, 5.74) is 4.16. The maximum atomic E-state index is 11.4. The average molecular weight is 251 g/mol. The Balaban J connectivity index is 2.94. The molecule has 1 aromatic rings. The monoisotopic (exact) mass is 251 g/mol. The van der Waals surface area contributed by atoms with E-state index in [1.807, 2.05) is 20.8 Å². The van der Waals surface area contributed by atoms with Crippen molar-refractivity contribution in [3.05, 3.63) is 22.8 Å². The van der Waals surface area contributed by atoms with Crippen molar-refractivity contribution in [2.24, 2.45) is 0 Å². The van der Waals surface area contributed by atoms with Crippen molar-refractivity contribution in [2.45, 2.75) is 27.7 Å². The molecule has 0 spiro atoms. The maximum absolute atomic E-state index is 11.4. The van der Waals surface area contributed by atoms with Gasteiger partial charge in [-0.3, -0.25) is 4.79 Å². The molecule has 0 fully saturated rings. The molecule has 0 radical (unpaired) electrons. The molecular formula is C14H21NO3. The van der Waals surface area contributed by atoms with Crippen LogP contribution in [0.15, 0.2) is 6.07 Å². The summed E-state index contributed by atoms with van der Waals surface area (Å²) in [4.78, 5) is 11.4. The van der Waals surface area contributed by atoms with Gasteiger partial charge in [0, 0.05) is 0 Å². The zero-order valence-electron chi connectivity index (χ0n) is 11.7. The molecule has 1 N–H and O–H groups in total. The number of benzene rings is 1. The van der Waals surface area contributed by atoms with Crippen molar-refractivity contribution in [3.63, 3.8) is 0 Å². The molecule has 4 nitrogen and oxygen atoms in total. The summed E-state index contributed by atoms with van der Waals surface area (Å²) in [7, 11) is 1.64. The van der Waals surface area contributed by atoms with Gasteiger partial charge in [0.25, 0.3) is 0 Å². The topological polar surface area (TPSA) is 47.6 Å². The highest BCUT2D eigenvalue weighted by Crippen LogP contribution is 2.33. The van der Waals surface area contributed by atoms with Crippen molar-refractivity contribution < 1.29 is 14.3 Å². The van der Waals surface area contributed by atoms with E-state index in [1.165, 1.54) is 5.56 Å². The van der Waals surface area contributed by atoms with Gasteiger partial charge < -0.3 is 14.8 Å². The molecule has 1 aromatic carbocycles. The van der Waals surface area contributed by atoms with E-state index < -0.39 is 0 Å². The number of carbonyl (C=O) groups is 1. The minimum Gasteiger partial charge on any atom is -0.494 e. The Morgan fingerprint density at radius 2 is 1.94 bits per heavy atom. The van der Waals surface area contributed by atoms with Gasteiger partial charge in [0.2, 0.25) is 0 Å². The quantitative estimate of drug-likeness (QED) is 0.817. The zero-order valence-corrected chi connectivity index (χ0v) is 11.7. The number of aryl methyl sites for hydroxylation is 2. The van der Waals surface area contributed by atoms with E-state index in [-0.39, 0.29) is 12.5 Å². The lowest BCUT2D eigenvalue weighted by molar-refractivity contribution is -0.140. The number of esters is 1. The largest absolute Gasteiger partial charge is 0.494 e. The van der Waals surface area contributed by atoms with Gasteiger partial charge in [0.1, 0.15) is 12.3 Å². The van der Waals surface area contributed by atoms with Crippen LogP contribution in [0.2, 0.25) is 0 Å². The third kappa shape index (κ3) is 3.15. The van der Waals surface area contributed by atoms with Gasteiger partial charge in [-0.15, -0.1) is 0 Å². The molecule has 0 heterocycles. The number of carbonyl (C=O) groups excluding carboxylic acids is 1. The van der Waals surface area contributed by atoms with Crippen molar-refractivity contribution in [3.8, 4) is 5.75 Å². The highest BCUT2D eigenvalue weighted by Gasteiger charge is 2.13. The third-order valence-electron chi connectivity index (χ3n) is 2.91. The van der Waals surface area contributed by atoms with E-state index in [1.54, 1.807) is 14.0 Å². The molecule has 0 aliphatic rings. The number of anilines is 1. The van der Waals surface area contributed by atoms with Gasteiger partial charge in [-0.05, 0) is 44.4 Å². The number of hydrogen-bond donors (Lipinski definition) is 1. The molecule has 0 saturated heterocycles. The van der Waals surface area contributed by atoms with Crippen LogP contribution in [0.3, 0.4) is 0 Å². The fourth-order valence-electron chi connectivity index (χ4n) is 1.90. The summed E-state index contributed by atoms with van der Waals surface area (Å²) >= 11 is 0. The fraction of sp³-hybridized carbons (Fsp3) is 0.500. The molecule has 0 unspecified atom stereocenters. The maximum Gasteiger partial charge on any atom is 0.325 e. The summed E-state index contributed by atoms with van der Waals surface area (Å²) in [6.07, 6.45) is 0. The van der Waals surface area contributed by atoms with Crippen LogP contribution in [0.5, 0.6) is 5.75 Å². The van der Waals surface area contributed by atoms with Crippen molar-refractivity contribution in [2.75, 3.05) is 25.6 Å². The lowest BCUT2D eigenvalue weighted by Gasteiger charge is -2.17. The highest BCUT2D eigenvalue weighted by atomic mass is 16.5. The number of hydrogen-bond acceptors (Lipinski definition) is 4. The van der Waals surface area contributed by atoms with Crippen LogP contribution in [0.25, 0.3) is 0 Å². The van der Waals surface area contributed by atoms with E-state index >= 15 is 0 Å². The molecule has 0 saturated carbocycles. The van der Waals surface area contributed by atoms with Crippen LogP contribution in [-0.2, 0) is 9.53 Å². The first-order valence-electron chi connectivity index (χ1n) is 6.05. The first-order chi connectivity index (χ1) is 8.51. The van der Waals surface area contributed by atoms with Crippen molar-refractivity contribution >= 4 is 11.7 Å². The summed E-state index contributed by atoms with van der Waals surface area (Å²) in [5, 5.41) is 3.09. The number of methoxy groups -OCH3 is 1. The van der Waals surface area contributed by atoms with E-state index in [0.29, 0.717) is 6.61 Å². The van der Waals surface area contributed by atoms with Gasteiger partial charge in [-0.1, -0.05) is 6.07 Å². The highest BCUT2D eigenvalue weighted by molar-refractivity contribution is 5.77. The zero-order chi connectivity index (χ0) is 13.7. The fourth-order valence-corrected chi connectivity index (χ4v) is 1.90. The van der Waals surface area contributed by atoms with E-state index in [9.17, 15) is 4.79 Å². The molecule has 0 amide bonds. The summed E-state index contributed by atoms with van der Waals surface area (Å²) < 4.78 is 10.3. The summed E-state index contributed by atoms with van der Waals surface area (Å²) in [6, 6.07) is 2.07. The normalized spacial score (nSPS) is 10.1. The molecule has 0 bridgehead atoms. The van der Waals surface area contributed by atoms with E-state index in [0.717, 1.165) is 22.6 Å². The number of nitrogens with one attached hydrogen (secondary N) is 1. The minimum absolute atomic E-state index is 0.146. The van der Waals surface area contributed by atoms with Crippen LogP contribution in [0, 0.1) is 20.8 Å². The third-order valence-corrected chi connectivity index (χ3v) is 2.91. The standard InChI is InChI=1S/C14H21NO3/c1-6-18-12(16)8-15-13-10(3)7-9(2)11(4)14(13)17-5/h7,15H,6,8H2,1-5H3. The molecule has 0 aliphatic heterocycles. The minimum atomic E-state index is -0.266. The predicted molar refractivity (Wildman–Crippen MR) is 72.3 cm³/mol. The summed E-state index contributed by atoms with van der Waals surface area (Å²) in [5.74, 6) is 0.522. The second-order valence-electron chi connectivity index (χ2n) is 4.20. The Morgan fingerprint density at radius 1 is 1.28 bits per heavy atom. The van der Waals surface area contributed by atoms with Crippen molar-refractivity contribution in [1.29, 1.82) is 0 Å². The molecule has 0 aliphatic carbocycles. The van der Waals surface area contributed by atoms with Crippen LogP contribution < -0.4 is 10.1 Å². The second kappa shape index (κ2) is 6.28. The van der Waals surface area contributed by atoms with Gasteiger partial charge in [-0.25, -0.2) is 0 Å². The Kier molecular flexibility index (Phi) is 5.01. The van der Waals surface area contributed by atoms with Crippen molar-refractivity contribution in [1.82, 2.24) is 0 Å². The average Bonchev–Trinajstić information content (AvgIpc) is 2.32. The molecule has 4 heteroatoms. The van der Waals surface area contributed by atoms with Gasteiger partial charge in [-0.2, -0.15) is 0 Å². The number of rotatable bonds is 5. The SMILES string of the molecule is CCOC(=O)CNc1c(C)cc(C)c(C)c1OC. The molecular weight excluding hydrogens is 230 g/mol. The molecule has 1 rings (SSSR count). The molecule has 100 valence electrons. The predicted octanol–water partition coefficient (Wildman–Crippen LogP) is 2.60. The van der Waals surface area contributed by atoms with Crippen LogP contribution in [-0.4, -0.2) is 26.2 Å². The smallest absolute Gasteiger partial charge is 0.325 e. The Labute approximate surface area is 108 Å². The summed E-state index contributed by atoms with van der Waals surface area (Å²) in [6.45, 7) is 8.36. The lowest BCUT2D eigenvalue weighted by Crippen LogP contribution is -2.18. The van der Waals surface area contributed by atoms with E-state index in [4.69, 9.17) is 9.47 Å². The molecule has 0 aromatic heterocycles. The van der Waals surface area contributed by atoms with Crippen LogP contribution in [0.1, 0.15) is 23.6 Å². The van der Waals surface area contributed by atoms with Gasteiger partial charge >= 0.3 is 5.97 Å². The molecule has 0 atom stereocenters. The Bertz CT molecular complexity index is 441. The van der Waals surface area contributed by atoms with Gasteiger partial charge in [0.05, 0.1) is 19.4 Å².